The molecule has 1 amide bonds. The van der Waals surface area contributed by atoms with Crippen molar-refractivity contribution in [2.45, 2.75) is 25.8 Å². The van der Waals surface area contributed by atoms with E-state index in [1.807, 2.05) is 61.5 Å². The molecule has 1 unspecified atom stereocenters. The van der Waals surface area contributed by atoms with Crippen LogP contribution in [0.2, 0.25) is 0 Å². The fraction of sp³-hybridized carbons (Fsp3) is 0.316. The zero-order chi connectivity index (χ0) is 16.5. The van der Waals surface area contributed by atoms with Gasteiger partial charge >= 0.3 is 0 Å². The molecule has 0 saturated carbocycles. The number of carbonyl (C=O) groups excluding carboxylic acids is 1. The Hall–Kier alpha value is -2.33. The third-order valence-corrected chi connectivity index (χ3v) is 3.67. The first-order valence-corrected chi connectivity index (χ1v) is 7.92. The average molecular weight is 313 g/mol. The molecule has 122 valence electrons. The SMILES string of the molecule is CCC(CCO)NC(=O)COc1ccccc1-c1ccccc1. The van der Waals surface area contributed by atoms with Crippen LogP contribution in [-0.4, -0.2) is 30.3 Å². The summed E-state index contributed by atoms with van der Waals surface area (Å²) in [6.45, 7) is 2.01. The number of rotatable bonds is 8. The number of hydrogen-bond acceptors (Lipinski definition) is 3. The quantitative estimate of drug-likeness (QED) is 0.787. The summed E-state index contributed by atoms with van der Waals surface area (Å²) in [5.41, 5.74) is 2.01. The highest BCUT2D eigenvalue weighted by Gasteiger charge is 2.12. The minimum atomic E-state index is -0.173. The average Bonchev–Trinajstić information content (AvgIpc) is 2.60. The number of benzene rings is 2. The van der Waals surface area contributed by atoms with Crippen LogP contribution in [0.15, 0.2) is 54.6 Å². The fourth-order valence-electron chi connectivity index (χ4n) is 2.40. The van der Waals surface area contributed by atoms with Crippen molar-refractivity contribution >= 4 is 5.91 Å². The second-order valence-electron chi connectivity index (χ2n) is 5.34. The van der Waals surface area contributed by atoms with Gasteiger partial charge in [0.15, 0.2) is 6.61 Å². The minimum Gasteiger partial charge on any atom is -0.483 e. The molecule has 4 nitrogen and oxygen atoms in total. The molecular formula is C19H23NO3. The van der Waals surface area contributed by atoms with Crippen molar-refractivity contribution in [1.82, 2.24) is 5.32 Å². The number of ether oxygens (including phenoxy) is 1. The van der Waals surface area contributed by atoms with Gasteiger partial charge in [0.1, 0.15) is 5.75 Å². The molecule has 1 atom stereocenters. The third kappa shape index (κ3) is 5.11. The van der Waals surface area contributed by atoms with Crippen LogP contribution in [0.5, 0.6) is 5.75 Å². The molecule has 0 aromatic heterocycles. The number of aliphatic hydroxyl groups excluding tert-OH is 1. The predicted molar refractivity (Wildman–Crippen MR) is 91.3 cm³/mol. The van der Waals surface area contributed by atoms with Crippen molar-refractivity contribution in [1.29, 1.82) is 0 Å². The van der Waals surface area contributed by atoms with Crippen molar-refractivity contribution in [3.05, 3.63) is 54.6 Å². The van der Waals surface area contributed by atoms with Crippen LogP contribution in [0, 0.1) is 0 Å². The molecule has 0 aliphatic rings. The molecule has 0 fully saturated rings. The van der Waals surface area contributed by atoms with E-state index in [1.165, 1.54) is 0 Å². The van der Waals surface area contributed by atoms with Crippen molar-refractivity contribution < 1.29 is 14.6 Å². The molecular weight excluding hydrogens is 290 g/mol. The predicted octanol–water partition coefficient (Wildman–Crippen LogP) is 3.01. The Morgan fingerprint density at radius 2 is 1.83 bits per heavy atom. The molecule has 0 saturated heterocycles. The first-order valence-electron chi connectivity index (χ1n) is 7.92. The number of amides is 1. The Labute approximate surface area is 137 Å². The second-order valence-corrected chi connectivity index (χ2v) is 5.34. The Kier molecular flexibility index (Phi) is 6.63. The van der Waals surface area contributed by atoms with Gasteiger partial charge < -0.3 is 15.2 Å². The van der Waals surface area contributed by atoms with E-state index in [1.54, 1.807) is 0 Å². The first kappa shape index (κ1) is 17.0. The summed E-state index contributed by atoms with van der Waals surface area (Å²) in [5.74, 6) is 0.511. The van der Waals surface area contributed by atoms with Crippen molar-refractivity contribution in [2.24, 2.45) is 0 Å². The molecule has 2 aromatic carbocycles. The molecule has 0 spiro atoms. The van der Waals surface area contributed by atoms with Gasteiger partial charge in [-0.3, -0.25) is 4.79 Å². The molecule has 2 rings (SSSR count). The van der Waals surface area contributed by atoms with Crippen LogP contribution in [0.25, 0.3) is 11.1 Å². The largest absolute Gasteiger partial charge is 0.483 e. The van der Waals surface area contributed by atoms with Gasteiger partial charge in [0.2, 0.25) is 0 Å². The fourth-order valence-corrected chi connectivity index (χ4v) is 2.40. The Morgan fingerprint density at radius 3 is 2.52 bits per heavy atom. The van der Waals surface area contributed by atoms with E-state index in [4.69, 9.17) is 9.84 Å². The van der Waals surface area contributed by atoms with E-state index in [0.717, 1.165) is 17.5 Å². The molecule has 0 aliphatic carbocycles. The summed E-state index contributed by atoms with van der Waals surface area (Å²) in [5, 5.41) is 11.8. The lowest BCUT2D eigenvalue weighted by Crippen LogP contribution is -2.38. The lowest BCUT2D eigenvalue weighted by molar-refractivity contribution is -0.123. The van der Waals surface area contributed by atoms with Crippen LogP contribution in [-0.2, 0) is 4.79 Å². The summed E-state index contributed by atoms with van der Waals surface area (Å²) in [6, 6.07) is 17.6. The van der Waals surface area contributed by atoms with E-state index in [-0.39, 0.29) is 25.2 Å². The summed E-state index contributed by atoms with van der Waals surface area (Å²) < 4.78 is 5.70. The van der Waals surface area contributed by atoms with Crippen LogP contribution >= 0.6 is 0 Å². The van der Waals surface area contributed by atoms with Gasteiger partial charge in [-0.25, -0.2) is 0 Å². The smallest absolute Gasteiger partial charge is 0.258 e. The molecule has 0 heterocycles. The Bertz CT molecular complexity index is 613. The monoisotopic (exact) mass is 313 g/mol. The third-order valence-electron chi connectivity index (χ3n) is 3.67. The van der Waals surface area contributed by atoms with Crippen LogP contribution < -0.4 is 10.1 Å². The highest BCUT2D eigenvalue weighted by molar-refractivity contribution is 5.78. The molecule has 0 aliphatic heterocycles. The zero-order valence-electron chi connectivity index (χ0n) is 13.4. The maximum Gasteiger partial charge on any atom is 0.258 e. The highest BCUT2D eigenvalue weighted by Crippen LogP contribution is 2.29. The van der Waals surface area contributed by atoms with E-state index in [9.17, 15) is 4.79 Å². The normalized spacial score (nSPS) is 11.7. The zero-order valence-corrected chi connectivity index (χ0v) is 13.4. The van der Waals surface area contributed by atoms with Crippen LogP contribution in [0.3, 0.4) is 0 Å². The van der Waals surface area contributed by atoms with Gasteiger partial charge in [-0.1, -0.05) is 55.5 Å². The maximum atomic E-state index is 12.0. The van der Waals surface area contributed by atoms with Crippen molar-refractivity contribution in [3.63, 3.8) is 0 Å². The molecule has 2 N–H and O–H groups in total. The lowest BCUT2D eigenvalue weighted by atomic mass is 10.1. The molecule has 23 heavy (non-hydrogen) atoms. The van der Waals surface area contributed by atoms with Gasteiger partial charge in [0.25, 0.3) is 5.91 Å². The standard InChI is InChI=1S/C19H23NO3/c1-2-16(12-13-21)20-19(22)14-23-18-11-7-6-10-17(18)15-8-4-3-5-9-15/h3-11,16,21H,2,12-14H2,1H3,(H,20,22). The molecule has 0 radical (unpaired) electrons. The number of hydrogen-bond donors (Lipinski definition) is 2. The molecule has 2 aromatic rings. The first-order chi connectivity index (χ1) is 11.2. The lowest BCUT2D eigenvalue weighted by Gasteiger charge is -2.16. The van der Waals surface area contributed by atoms with Crippen molar-refractivity contribution in [3.8, 4) is 16.9 Å². The van der Waals surface area contributed by atoms with Crippen LogP contribution in [0.1, 0.15) is 19.8 Å². The number of para-hydroxylation sites is 1. The summed E-state index contributed by atoms with van der Waals surface area (Å²) in [4.78, 5) is 12.0. The Morgan fingerprint density at radius 1 is 1.13 bits per heavy atom. The van der Waals surface area contributed by atoms with Crippen LogP contribution in [0.4, 0.5) is 0 Å². The van der Waals surface area contributed by atoms with Gasteiger partial charge in [-0.2, -0.15) is 0 Å². The molecule has 4 heteroatoms. The maximum absolute atomic E-state index is 12.0. The Balaban J connectivity index is 2.00. The van der Waals surface area contributed by atoms with Gasteiger partial charge in [-0.05, 0) is 24.5 Å². The van der Waals surface area contributed by atoms with E-state index in [0.29, 0.717) is 12.2 Å². The topological polar surface area (TPSA) is 58.6 Å². The molecule has 0 bridgehead atoms. The van der Waals surface area contributed by atoms with Gasteiger partial charge in [-0.15, -0.1) is 0 Å². The highest BCUT2D eigenvalue weighted by atomic mass is 16.5. The van der Waals surface area contributed by atoms with E-state index in [2.05, 4.69) is 5.32 Å². The summed E-state index contributed by atoms with van der Waals surface area (Å²) >= 11 is 0. The van der Waals surface area contributed by atoms with Gasteiger partial charge in [0.05, 0.1) is 0 Å². The second kappa shape index (κ2) is 8.96. The van der Waals surface area contributed by atoms with E-state index < -0.39 is 0 Å². The number of nitrogens with one attached hydrogen (secondary N) is 1. The minimum absolute atomic E-state index is 0.0135. The van der Waals surface area contributed by atoms with E-state index >= 15 is 0 Å². The van der Waals surface area contributed by atoms with Gasteiger partial charge in [0, 0.05) is 18.2 Å². The number of aliphatic hydroxyl groups is 1. The number of carbonyl (C=O) groups is 1. The summed E-state index contributed by atoms with van der Waals surface area (Å²) in [6.07, 6.45) is 1.34. The van der Waals surface area contributed by atoms with Crippen molar-refractivity contribution in [2.75, 3.05) is 13.2 Å². The summed E-state index contributed by atoms with van der Waals surface area (Å²) in [7, 11) is 0.